The maximum absolute atomic E-state index is 12.5. The van der Waals surface area contributed by atoms with E-state index in [1.54, 1.807) is 11.9 Å². The van der Waals surface area contributed by atoms with Crippen molar-refractivity contribution in [2.75, 3.05) is 13.7 Å². The highest BCUT2D eigenvalue weighted by molar-refractivity contribution is 5.79. The average molecular weight is 256 g/mol. The van der Waals surface area contributed by atoms with Crippen molar-refractivity contribution >= 4 is 5.91 Å². The van der Waals surface area contributed by atoms with Gasteiger partial charge >= 0.3 is 0 Å². The van der Waals surface area contributed by atoms with Crippen LogP contribution >= 0.6 is 0 Å². The minimum Gasteiger partial charge on any atom is -0.394 e. The summed E-state index contributed by atoms with van der Waals surface area (Å²) < 4.78 is 0. The van der Waals surface area contributed by atoms with Crippen molar-refractivity contribution in [3.63, 3.8) is 0 Å². The zero-order valence-corrected chi connectivity index (χ0v) is 12.3. The Bertz CT molecular complexity index is 304. The van der Waals surface area contributed by atoms with Gasteiger partial charge in [-0.05, 0) is 38.5 Å². The molecular weight excluding hydrogens is 228 g/mol. The lowest BCUT2D eigenvalue weighted by atomic mass is 9.72. The van der Waals surface area contributed by atoms with Crippen molar-refractivity contribution in [2.45, 2.75) is 52.1 Å². The molecule has 4 heteroatoms. The highest BCUT2D eigenvalue weighted by atomic mass is 16.3. The highest BCUT2D eigenvalue weighted by Crippen LogP contribution is 2.34. The van der Waals surface area contributed by atoms with Crippen molar-refractivity contribution in [1.82, 2.24) is 4.90 Å². The second-order valence-electron chi connectivity index (χ2n) is 6.56. The second kappa shape index (κ2) is 5.57. The average Bonchev–Trinajstić information content (AvgIpc) is 2.32. The Hall–Kier alpha value is -0.610. The molecule has 1 fully saturated rings. The van der Waals surface area contributed by atoms with Gasteiger partial charge < -0.3 is 15.7 Å². The molecule has 4 atom stereocenters. The summed E-state index contributed by atoms with van der Waals surface area (Å²) in [5.74, 6) is 0.959. The Kier molecular flexibility index (Phi) is 4.78. The van der Waals surface area contributed by atoms with Crippen LogP contribution in [-0.2, 0) is 4.79 Å². The maximum atomic E-state index is 12.5. The molecule has 0 radical (unpaired) electrons. The van der Waals surface area contributed by atoms with Crippen LogP contribution in [0.1, 0.15) is 40.5 Å². The summed E-state index contributed by atoms with van der Waals surface area (Å²) in [6, 6.07) is 0.112. The minimum atomic E-state index is -0.510. The fourth-order valence-corrected chi connectivity index (χ4v) is 2.68. The molecule has 1 aliphatic rings. The highest BCUT2D eigenvalue weighted by Gasteiger charge is 2.39. The van der Waals surface area contributed by atoms with Gasteiger partial charge in [0, 0.05) is 19.0 Å². The molecule has 0 bridgehead atoms. The molecule has 0 aliphatic heterocycles. The van der Waals surface area contributed by atoms with E-state index in [-0.39, 0.29) is 24.5 Å². The van der Waals surface area contributed by atoms with Gasteiger partial charge in [0.25, 0.3) is 0 Å². The van der Waals surface area contributed by atoms with Crippen molar-refractivity contribution in [3.8, 4) is 0 Å². The Morgan fingerprint density at radius 3 is 2.39 bits per heavy atom. The van der Waals surface area contributed by atoms with E-state index >= 15 is 0 Å². The Morgan fingerprint density at radius 1 is 1.33 bits per heavy atom. The van der Waals surface area contributed by atoms with Crippen LogP contribution in [0.2, 0.25) is 0 Å². The Labute approximate surface area is 111 Å². The number of hydrogen-bond donors (Lipinski definition) is 2. The molecule has 3 N–H and O–H groups in total. The number of rotatable bonds is 3. The van der Waals surface area contributed by atoms with Gasteiger partial charge in [0.05, 0.1) is 12.1 Å². The number of aliphatic hydroxyl groups is 1. The number of amides is 1. The van der Waals surface area contributed by atoms with Crippen molar-refractivity contribution < 1.29 is 9.90 Å². The van der Waals surface area contributed by atoms with E-state index in [1.807, 2.05) is 13.8 Å². The smallest absolute Gasteiger partial charge is 0.226 e. The van der Waals surface area contributed by atoms with Crippen molar-refractivity contribution in [3.05, 3.63) is 0 Å². The van der Waals surface area contributed by atoms with E-state index in [0.717, 1.165) is 12.8 Å². The summed E-state index contributed by atoms with van der Waals surface area (Å²) in [5, 5.41) is 9.35. The Morgan fingerprint density at radius 2 is 1.89 bits per heavy atom. The number of aliphatic hydroxyl groups excluding tert-OH is 1. The van der Waals surface area contributed by atoms with Crippen molar-refractivity contribution in [1.29, 1.82) is 0 Å². The summed E-state index contributed by atoms with van der Waals surface area (Å²) in [4.78, 5) is 14.2. The first-order chi connectivity index (χ1) is 8.20. The lowest BCUT2D eigenvalue weighted by Crippen LogP contribution is -2.53. The van der Waals surface area contributed by atoms with Gasteiger partial charge in [-0.3, -0.25) is 4.79 Å². The van der Waals surface area contributed by atoms with E-state index in [4.69, 9.17) is 5.73 Å². The topological polar surface area (TPSA) is 66.6 Å². The van der Waals surface area contributed by atoms with Gasteiger partial charge in [0.15, 0.2) is 0 Å². The zero-order chi connectivity index (χ0) is 14.1. The number of carbonyl (C=O) groups excluding carboxylic acids is 1. The first-order valence-electron chi connectivity index (χ1n) is 6.84. The second-order valence-corrected chi connectivity index (χ2v) is 6.56. The first-order valence-corrected chi connectivity index (χ1v) is 6.84. The summed E-state index contributed by atoms with van der Waals surface area (Å²) in [5.41, 5.74) is 5.58. The SMILES string of the molecule is CC1CC(C)C(C(=O)N(C)C(C)(C)CO)CC1N. The molecule has 1 amide bonds. The Balaban J connectivity index is 2.78. The van der Waals surface area contributed by atoms with Crippen LogP contribution in [0.3, 0.4) is 0 Å². The predicted molar refractivity (Wildman–Crippen MR) is 73.0 cm³/mol. The molecule has 4 nitrogen and oxygen atoms in total. The number of nitrogens with zero attached hydrogens (tertiary/aromatic N) is 1. The lowest BCUT2D eigenvalue weighted by molar-refractivity contribution is -0.144. The van der Waals surface area contributed by atoms with E-state index < -0.39 is 5.54 Å². The molecule has 106 valence electrons. The number of nitrogens with two attached hydrogens (primary N) is 1. The summed E-state index contributed by atoms with van der Waals surface area (Å²) in [6.45, 7) is 8.01. The largest absolute Gasteiger partial charge is 0.394 e. The third-order valence-corrected chi connectivity index (χ3v) is 4.63. The molecular formula is C14H28N2O2. The van der Waals surface area contributed by atoms with E-state index in [1.165, 1.54) is 0 Å². The van der Waals surface area contributed by atoms with E-state index in [9.17, 15) is 9.90 Å². The molecule has 1 saturated carbocycles. The van der Waals surface area contributed by atoms with Gasteiger partial charge in [-0.15, -0.1) is 0 Å². The van der Waals surface area contributed by atoms with Crippen LogP contribution in [0.25, 0.3) is 0 Å². The monoisotopic (exact) mass is 256 g/mol. The van der Waals surface area contributed by atoms with Gasteiger partial charge in [0.2, 0.25) is 5.91 Å². The van der Waals surface area contributed by atoms with Crippen LogP contribution in [-0.4, -0.2) is 41.1 Å². The first kappa shape index (κ1) is 15.4. The maximum Gasteiger partial charge on any atom is 0.226 e. The van der Waals surface area contributed by atoms with Crippen LogP contribution in [0.5, 0.6) is 0 Å². The molecule has 4 unspecified atom stereocenters. The normalized spacial score (nSPS) is 33.3. The van der Waals surface area contributed by atoms with Gasteiger partial charge in [-0.25, -0.2) is 0 Å². The molecule has 1 rings (SSSR count). The zero-order valence-electron chi connectivity index (χ0n) is 12.3. The summed E-state index contributed by atoms with van der Waals surface area (Å²) in [7, 11) is 1.77. The third kappa shape index (κ3) is 3.04. The minimum absolute atomic E-state index is 0.00738. The molecule has 0 spiro atoms. The van der Waals surface area contributed by atoms with Crippen LogP contribution in [0, 0.1) is 17.8 Å². The predicted octanol–water partition coefficient (Wildman–Crippen LogP) is 1.23. The van der Waals surface area contributed by atoms with Crippen LogP contribution in [0.4, 0.5) is 0 Å². The third-order valence-electron chi connectivity index (χ3n) is 4.63. The quantitative estimate of drug-likeness (QED) is 0.798. The van der Waals surface area contributed by atoms with E-state index in [0.29, 0.717) is 11.8 Å². The van der Waals surface area contributed by atoms with E-state index in [2.05, 4.69) is 13.8 Å². The molecule has 0 heterocycles. The molecule has 18 heavy (non-hydrogen) atoms. The van der Waals surface area contributed by atoms with Gasteiger partial charge in [-0.2, -0.15) is 0 Å². The molecule has 0 aromatic rings. The number of likely N-dealkylation sites (N-methyl/N-ethyl adjacent to an activating group) is 1. The summed E-state index contributed by atoms with van der Waals surface area (Å²) >= 11 is 0. The molecule has 0 saturated heterocycles. The number of hydrogen-bond acceptors (Lipinski definition) is 3. The van der Waals surface area contributed by atoms with Crippen molar-refractivity contribution in [2.24, 2.45) is 23.5 Å². The molecule has 0 aromatic carbocycles. The van der Waals surface area contributed by atoms with Crippen LogP contribution in [0.15, 0.2) is 0 Å². The summed E-state index contributed by atoms with van der Waals surface area (Å²) in [6.07, 6.45) is 1.76. The fraction of sp³-hybridized carbons (Fsp3) is 0.929. The van der Waals surface area contributed by atoms with Crippen LogP contribution < -0.4 is 5.73 Å². The van der Waals surface area contributed by atoms with Gasteiger partial charge in [0.1, 0.15) is 0 Å². The van der Waals surface area contributed by atoms with Gasteiger partial charge in [-0.1, -0.05) is 13.8 Å². The molecule has 1 aliphatic carbocycles. The lowest BCUT2D eigenvalue weighted by Gasteiger charge is -2.41. The molecule has 0 aromatic heterocycles. The standard InChI is InChI=1S/C14H28N2O2/c1-9-6-10(2)12(15)7-11(9)13(18)16(5)14(3,4)8-17/h9-12,17H,6-8,15H2,1-5H3. The fourth-order valence-electron chi connectivity index (χ4n) is 2.68. The number of carbonyl (C=O) groups is 1.